The van der Waals surface area contributed by atoms with Crippen LogP contribution in [0.15, 0.2) is 30.3 Å². The lowest BCUT2D eigenvalue weighted by molar-refractivity contribution is 0.560. The summed E-state index contributed by atoms with van der Waals surface area (Å²) in [7, 11) is 0. The second-order valence-electron chi connectivity index (χ2n) is 4.03. The molecule has 0 aliphatic rings. The van der Waals surface area contributed by atoms with E-state index in [2.05, 4.69) is 15.2 Å². The summed E-state index contributed by atoms with van der Waals surface area (Å²) in [5, 5.41) is 7.06. The smallest absolute Gasteiger partial charge is 0.174 e. The minimum Gasteiger partial charge on any atom is -0.315 e. The van der Waals surface area contributed by atoms with Crippen LogP contribution in [0.25, 0.3) is 0 Å². The number of benzene rings is 1. The standard InChI is InChI=1S/C12H16N4/c1-3-10-14-11(16-15-10)12(2,13)9-7-5-4-6-8-9/h4-8H,3,13H2,1-2H3,(H,14,15,16). The summed E-state index contributed by atoms with van der Waals surface area (Å²) in [6.45, 7) is 3.95. The van der Waals surface area contributed by atoms with E-state index in [1.165, 1.54) is 0 Å². The van der Waals surface area contributed by atoms with Crippen LogP contribution in [0.5, 0.6) is 0 Å². The average Bonchev–Trinajstić information content (AvgIpc) is 2.79. The van der Waals surface area contributed by atoms with Crippen LogP contribution in [0.2, 0.25) is 0 Å². The molecule has 1 unspecified atom stereocenters. The summed E-state index contributed by atoms with van der Waals surface area (Å²) < 4.78 is 0. The van der Waals surface area contributed by atoms with Crippen LogP contribution in [0, 0.1) is 0 Å². The van der Waals surface area contributed by atoms with Crippen LogP contribution in [0.1, 0.15) is 31.1 Å². The van der Waals surface area contributed by atoms with Crippen molar-refractivity contribution in [1.29, 1.82) is 0 Å². The molecule has 16 heavy (non-hydrogen) atoms. The van der Waals surface area contributed by atoms with E-state index < -0.39 is 5.54 Å². The summed E-state index contributed by atoms with van der Waals surface area (Å²) >= 11 is 0. The molecular formula is C12H16N4. The molecule has 1 aromatic carbocycles. The van der Waals surface area contributed by atoms with Crippen molar-refractivity contribution < 1.29 is 0 Å². The minimum atomic E-state index is -0.648. The SMILES string of the molecule is CCc1nc(C(C)(N)c2ccccc2)n[nH]1. The molecule has 0 saturated carbocycles. The topological polar surface area (TPSA) is 67.6 Å². The Morgan fingerprint density at radius 2 is 2.00 bits per heavy atom. The van der Waals surface area contributed by atoms with Crippen molar-refractivity contribution in [3.63, 3.8) is 0 Å². The van der Waals surface area contributed by atoms with E-state index >= 15 is 0 Å². The maximum Gasteiger partial charge on any atom is 0.174 e. The highest BCUT2D eigenvalue weighted by Gasteiger charge is 2.27. The molecule has 0 spiro atoms. The predicted octanol–water partition coefficient (Wildman–Crippen LogP) is 1.59. The van der Waals surface area contributed by atoms with Crippen molar-refractivity contribution in [2.75, 3.05) is 0 Å². The van der Waals surface area contributed by atoms with E-state index in [1.54, 1.807) is 0 Å². The van der Waals surface area contributed by atoms with Gasteiger partial charge in [-0.15, -0.1) is 0 Å². The van der Waals surface area contributed by atoms with Gasteiger partial charge in [0.2, 0.25) is 0 Å². The number of aromatic amines is 1. The van der Waals surface area contributed by atoms with Gasteiger partial charge in [-0.2, -0.15) is 5.10 Å². The van der Waals surface area contributed by atoms with E-state index in [4.69, 9.17) is 5.73 Å². The Morgan fingerprint density at radius 3 is 2.56 bits per heavy atom. The second kappa shape index (κ2) is 4.06. The van der Waals surface area contributed by atoms with Gasteiger partial charge < -0.3 is 5.73 Å². The van der Waals surface area contributed by atoms with Crippen LogP contribution >= 0.6 is 0 Å². The zero-order valence-corrected chi connectivity index (χ0v) is 9.57. The molecule has 0 amide bonds. The highest BCUT2D eigenvalue weighted by atomic mass is 15.2. The van der Waals surface area contributed by atoms with E-state index in [1.807, 2.05) is 44.2 Å². The van der Waals surface area contributed by atoms with E-state index in [0.29, 0.717) is 5.82 Å². The van der Waals surface area contributed by atoms with E-state index in [0.717, 1.165) is 17.8 Å². The van der Waals surface area contributed by atoms with Gasteiger partial charge in [-0.3, -0.25) is 5.10 Å². The van der Waals surface area contributed by atoms with Crippen LogP contribution < -0.4 is 5.73 Å². The summed E-state index contributed by atoms with van der Waals surface area (Å²) in [4.78, 5) is 4.39. The molecule has 0 aliphatic carbocycles. The molecule has 1 atom stereocenters. The molecule has 0 radical (unpaired) electrons. The van der Waals surface area contributed by atoms with E-state index in [9.17, 15) is 0 Å². The van der Waals surface area contributed by atoms with Crippen molar-refractivity contribution in [2.24, 2.45) is 5.73 Å². The Bertz CT molecular complexity index is 459. The third-order valence-electron chi connectivity index (χ3n) is 2.70. The summed E-state index contributed by atoms with van der Waals surface area (Å²) in [5.41, 5.74) is 6.65. The first kappa shape index (κ1) is 10.8. The van der Waals surface area contributed by atoms with Gasteiger partial charge in [-0.1, -0.05) is 37.3 Å². The van der Waals surface area contributed by atoms with Gasteiger partial charge in [0.25, 0.3) is 0 Å². The van der Waals surface area contributed by atoms with Gasteiger partial charge in [0.1, 0.15) is 11.4 Å². The molecule has 1 heterocycles. The highest BCUT2D eigenvalue weighted by molar-refractivity contribution is 5.29. The maximum absolute atomic E-state index is 6.28. The first-order valence-corrected chi connectivity index (χ1v) is 5.40. The summed E-state index contributed by atoms with van der Waals surface area (Å²) in [6, 6.07) is 9.88. The predicted molar refractivity (Wildman–Crippen MR) is 62.8 cm³/mol. The molecule has 3 N–H and O–H groups in total. The molecular weight excluding hydrogens is 200 g/mol. The number of nitrogens with one attached hydrogen (secondary N) is 1. The minimum absolute atomic E-state index is 0.635. The Balaban J connectivity index is 2.38. The fourth-order valence-corrected chi connectivity index (χ4v) is 1.60. The van der Waals surface area contributed by atoms with Crippen molar-refractivity contribution in [2.45, 2.75) is 25.8 Å². The quantitative estimate of drug-likeness (QED) is 0.818. The first-order valence-electron chi connectivity index (χ1n) is 5.40. The molecule has 0 bridgehead atoms. The number of aryl methyl sites for hydroxylation is 1. The molecule has 0 aliphatic heterocycles. The molecule has 0 saturated heterocycles. The Morgan fingerprint density at radius 1 is 1.31 bits per heavy atom. The second-order valence-corrected chi connectivity index (χ2v) is 4.03. The fraction of sp³-hybridized carbons (Fsp3) is 0.333. The van der Waals surface area contributed by atoms with Gasteiger partial charge >= 0.3 is 0 Å². The Kier molecular flexibility index (Phi) is 2.75. The number of hydrogen-bond acceptors (Lipinski definition) is 3. The van der Waals surface area contributed by atoms with E-state index in [-0.39, 0.29) is 0 Å². The molecule has 1 aromatic heterocycles. The number of nitrogens with two attached hydrogens (primary N) is 1. The third-order valence-corrected chi connectivity index (χ3v) is 2.70. The lowest BCUT2D eigenvalue weighted by atomic mass is 9.92. The summed E-state index contributed by atoms with van der Waals surface area (Å²) in [5.74, 6) is 1.50. The average molecular weight is 216 g/mol. The van der Waals surface area contributed by atoms with Crippen molar-refractivity contribution >= 4 is 0 Å². The van der Waals surface area contributed by atoms with Crippen molar-refractivity contribution in [1.82, 2.24) is 15.2 Å². The van der Waals surface area contributed by atoms with Gasteiger partial charge in [0.15, 0.2) is 5.82 Å². The van der Waals surface area contributed by atoms with Crippen LogP contribution in [-0.4, -0.2) is 15.2 Å². The molecule has 84 valence electrons. The fourth-order valence-electron chi connectivity index (χ4n) is 1.60. The van der Waals surface area contributed by atoms with Gasteiger partial charge in [-0.05, 0) is 12.5 Å². The number of hydrogen-bond donors (Lipinski definition) is 2. The zero-order chi connectivity index (χ0) is 11.6. The Hall–Kier alpha value is -1.68. The lowest BCUT2D eigenvalue weighted by Gasteiger charge is -2.21. The van der Waals surface area contributed by atoms with Crippen LogP contribution in [0.3, 0.4) is 0 Å². The maximum atomic E-state index is 6.28. The van der Waals surface area contributed by atoms with Crippen LogP contribution in [0.4, 0.5) is 0 Å². The van der Waals surface area contributed by atoms with Gasteiger partial charge in [0.05, 0.1) is 0 Å². The first-order chi connectivity index (χ1) is 7.64. The molecule has 4 nitrogen and oxygen atoms in total. The molecule has 2 rings (SSSR count). The monoisotopic (exact) mass is 216 g/mol. The highest BCUT2D eigenvalue weighted by Crippen LogP contribution is 2.23. The number of rotatable bonds is 3. The zero-order valence-electron chi connectivity index (χ0n) is 9.57. The lowest BCUT2D eigenvalue weighted by Crippen LogP contribution is -2.35. The van der Waals surface area contributed by atoms with Gasteiger partial charge in [-0.25, -0.2) is 4.98 Å². The third kappa shape index (κ3) is 1.84. The largest absolute Gasteiger partial charge is 0.315 e. The molecule has 2 aromatic rings. The Labute approximate surface area is 94.9 Å². The normalized spacial score (nSPS) is 14.7. The number of H-pyrrole nitrogens is 1. The van der Waals surface area contributed by atoms with Crippen molar-refractivity contribution in [3.8, 4) is 0 Å². The van der Waals surface area contributed by atoms with Crippen molar-refractivity contribution in [3.05, 3.63) is 47.5 Å². The van der Waals surface area contributed by atoms with Crippen LogP contribution in [-0.2, 0) is 12.0 Å². The molecule has 0 fully saturated rings. The summed E-state index contributed by atoms with van der Waals surface area (Å²) in [6.07, 6.45) is 0.831. The number of nitrogens with zero attached hydrogens (tertiary/aromatic N) is 2. The number of aromatic nitrogens is 3. The molecule has 4 heteroatoms. The van der Waals surface area contributed by atoms with Gasteiger partial charge in [0, 0.05) is 6.42 Å².